The summed E-state index contributed by atoms with van der Waals surface area (Å²) in [6.45, 7) is 2.63. The van der Waals surface area contributed by atoms with E-state index in [4.69, 9.17) is 14.5 Å². The first kappa shape index (κ1) is 17.7. The smallest absolute Gasteiger partial charge is 0.254 e. The predicted octanol–water partition coefficient (Wildman–Crippen LogP) is 2.60. The van der Waals surface area contributed by atoms with Crippen molar-refractivity contribution in [2.45, 2.75) is 44.0 Å². The van der Waals surface area contributed by atoms with E-state index in [1.807, 2.05) is 19.4 Å². The van der Waals surface area contributed by atoms with Gasteiger partial charge in [-0.15, -0.1) is 0 Å². The molecular formula is C23H23N5O3. The summed E-state index contributed by atoms with van der Waals surface area (Å²) in [5, 5.41) is 8.69. The van der Waals surface area contributed by atoms with Gasteiger partial charge in [0.15, 0.2) is 5.72 Å². The first-order chi connectivity index (χ1) is 15.1. The van der Waals surface area contributed by atoms with Crippen LogP contribution in [0.2, 0.25) is 0 Å². The second-order valence-corrected chi connectivity index (χ2v) is 8.88. The number of likely N-dealkylation sites (N-methyl/N-ethyl adjacent to an activating group) is 1. The van der Waals surface area contributed by atoms with Gasteiger partial charge in [0.25, 0.3) is 5.91 Å². The molecule has 4 unspecified atom stereocenters. The zero-order chi connectivity index (χ0) is 21.1. The summed E-state index contributed by atoms with van der Waals surface area (Å²) in [6, 6.07) is 8.45. The van der Waals surface area contributed by atoms with E-state index < -0.39 is 5.72 Å². The quantitative estimate of drug-likeness (QED) is 0.524. The number of ether oxygens (including phenoxy) is 2. The standard InChI is InChI=1S/C23H23N5O3/c1-23-21(30-3)13(24-2)8-15(31-23)27-10-26-18-17-12(9-25-22(17)29)16-11-6-4-5-7-14(11)28(23)19(16)20(18)27/h4-7,10,13,15,21,24H,8-9H2,1-3H3,(H,25,29). The molecule has 3 aliphatic rings. The molecule has 5 heterocycles. The molecule has 0 aliphatic carbocycles. The van der Waals surface area contributed by atoms with Gasteiger partial charge in [-0.3, -0.25) is 4.79 Å². The summed E-state index contributed by atoms with van der Waals surface area (Å²) in [5.41, 5.74) is 4.81. The molecule has 4 aromatic rings. The molecule has 4 atom stereocenters. The third-order valence-electron chi connectivity index (χ3n) is 7.49. The number of fused-ring (bicyclic) bond motifs is 10. The molecule has 158 valence electrons. The van der Waals surface area contributed by atoms with E-state index >= 15 is 0 Å². The number of nitrogens with one attached hydrogen (secondary N) is 2. The zero-order valence-electron chi connectivity index (χ0n) is 17.6. The van der Waals surface area contributed by atoms with E-state index in [0.717, 1.165) is 44.8 Å². The Hall–Kier alpha value is -2.94. The number of nitrogens with zero attached hydrogens (tertiary/aromatic N) is 3. The van der Waals surface area contributed by atoms with Crippen LogP contribution in [0.5, 0.6) is 0 Å². The lowest BCUT2D eigenvalue weighted by molar-refractivity contribution is -0.257. The number of methoxy groups -OCH3 is 1. The Balaban J connectivity index is 1.77. The van der Waals surface area contributed by atoms with Crippen LogP contribution in [0.4, 0.5) is 0 Å². The fourth-order valence-corrected chi connectivity index (χ4v) is 6.28. The average Bonchev–Trinajstić information content (AvgIpc) is 3.44. The molecule has 3 aliphatic heterocycles. The van der Waals surface area contributed by atoms with Gasteiger partial charge in [-0.05, 0) is 25.6 Å². The average molecular weight is 417 g/mol. The zero-order valence-corrected chi connectivity index (χ0v) is 17.6. The van der Waals surface area contributed by atoms with E-state index in [0.29, 0.717) is 12.1 Å². The van der Waals surface area contributed by atoms with Gasteiger partial charge in [0.1, 0.15) is 17.8 Å². The maximum atomic E-state index is 12.8. The van der Waals surface area contributed by atoms with Crippen molar-refractivity contribution in [3.05, 3.63) is 41.7 Å². The molecule has 8 nitrogen and oxygen atoms in total. The number of carbonyl (C=O) groups excluding carboxylic acids is 1. The number of aromatic nitrogens is 3. The Morgan fingerprint density at radius 1 is 1.32 bits per heavy atom. The Morgan fingerprint density at radius 3 is 2.97 bits per heavy atom. The van der Waals surface area contributed by atoms with Gasteiger partial charge >= 0.3 is 0 Å². The number of hydrogen-bond acceptors (Lipinski definition) is 5. The van der Waals surface area contributed by atoms with Gasteiger partial charge in [0, 0.05) is 36.9 Å². The summed E-state index contributed by atoms with van der Waals surface area (Å²) in [7, 11) is 3.72. The summed E-state index contributed by atoms with van der Waals surface area (Å²) >= 11 is 0. The van der Waals surface area contributed by atoms with Crippen molar-refractivity contribution in [1.82, 2.24) is 24.8 Å². The van der Waals surface area contributed by atoms with Crippen LogP contribution in [0.25, 0.3) is 32.8 Å². The molecule has 1 amide bonds. The van der Waals surface area contributed by atoms with Crippen LogP contribution >= 0.6 is 0 Å². The highest BCUT2D eigenvalue weighted by Gasteiger charge is 2.52. The number of para-hydroxylation sites is 1. The Labute approximate surface area is 178 Å². The lowest BCUT2D eigenvalue weighted by atomic mass is 9.93. The first-order valence-corrected chi connectivity index (χ1v) is 10.7. The minimum Gasteiger partial charge on any atom is -0.375 e. The van der Waals surface area contributed by atoms with E-state index in [1.54, 1.807) is 7.11 Å². The van der Waals surface area contributed by atoms with Crippen LogP contribution in [0.15, 0.2) is 30.6 Å². The third-order valence-corrected chi connectivity index (χ3v) is 7.49. The highest BCUT2D eigenvalue weighted by atomic mass is 16.6. The van der Waals surface area contributed by atoms with Crippen LogP contribution in [0.3, 0.4) is 0 Å². The minimum absolute atomic E-state index is 0.0544. The molecule has 1 fully saturated rings. The number of rotatable bonds is 2. The van der Waals surface area contributed by atoms with Crippen molar-refractivity contribution in [2.24, 2.45) is 0 Å². The summed E-state index contributed by atoms with van der Waals surface area (Å²) in [5.74, 6) is -0.0544. The molecular weight excluding hydrogens is 394 g/mol. The molecule has 0 radical (unpaired) electrons. The van der Waals surface area contributed by atoms with Gasteiger partial charge in [-0.1, -0.05) is 18.2 Å². The van der Waals surface area contributed by atoms with Crippen LogP contribution in [0.1, 0.15) is 35.5 Å². The number of hydrogen-bond donors (Lipinski definition) is 2. The molecule has 2 aromatic heterocycles. The maximum Gasteiger partial charge on any atom is 0.254 e. The molecule has 1 saturated heterocycles. The predicted molar refractivity (Wildman–Crippen MR) is 116 cm³/mol. The maximum absolute atomic E-state index is 12.8. The molecule has 2 aromatic carbocycles. The lowest BCUT2D eigenvalue weighted by Crippen LogP contribution is -2.59. The molecule has 31 heavy (non-hydrogen) atoms. The molecule has 0 saturated carbocycles. The van der Waals surface area contributed by atoms with Gasteiger partial charge in [0.05, 0.1) is 28.4 Å². The molecule has 0 spiro atoms. The van der Waals surface area contributed by atoms with Crippen LogP contribution in [-0.2, 0) is 21.7 Å². The second kappa shape index (κ2) is 5.64. The Kier molecular flexibility index (Phi) is 3.22. The van der Waals surface area contributed by atoms with Crippen LogP contribution < -0.4 is 10.6 Å². The van der Waals surface area contributed by atoms with Gasteiger partial charge < -0.3 is 29.2 Å². The first-order valence-electron chi connectivity index (χ1n) is 10.7. The number of imidazole rings is 1. The number of benzene rings is 2. The largest absolute Gasteiger partial charge is 0.375 e. The summed E-state index contributed by atoms with van der Waals surface area (Å²) in [6.07, 6.45) is 2.15. The summed E-state index contributed by atoms with van der Waals surface area (Å²) < 4.78 is 17.3. The van der Waals surface area contributed by atoms with Crippen molar-refractivity contribution in [3.63, 3.8) is 0 Å². The van der Waals surface area contributed by atoms with Crippen LogP contribution in [0, 0.1) is 0 Å². The third kappa shape index (κ3) is 1.88. The summed E-state index contributed by atoms with van der Waals surface area (Å²) in [4.78, 5) is 17.6. The Morgan fingerprint density at radius 2 is 2.16 bits per heavy atom. The van der Waals surface area contributed by atoms with Gasteiger partial charge in [0.2, 0.25) is 0 Å². The van der Waals surface area contributed by atoms with E-state index in [-0.39, 0.29) is 24.3 Å². The fraction of sp³-hybridized carbons (Fsp3) is 0.391. The van der Waals surface area contributed by atoms with Crippen molar-refractivity contribution >= 4 is 38.7 Å². The second-order valence-electron chi connectivity index (χ2n) is 8.88. The van der Waals surface area contributed by atoms with Crippen molar-refractivity contribution < 1.29 is 14.3 Å². The highest BCUT2D eigenvalue weighted by Crippen LogP contribution is 2.50. The lowest BCUT2D eigenvalue weighted by Gasteiger charge is -2.48. The number of amides is 1. The molecule has 2 bridgehead atoms. The normalized spacial score (nSPS) is 29.1. The van der Waals surface area contributed by atoms with Gasteiger partial charge in [-0.2, -0.15) is 0 Å². The fourth-order valence-electron chi connectivity index (χ4n) is 6.28. The molecule has 2 N–H and O–H groups in total. The van der Waals surface area contributed by atoms with E-state index in [1.165, 1.54) is 0 Å². The van der Waals surface area contributed by atoms with Gasteiger partial charge in [-0.25, -0.2) is 4.98 Å². The topological polar surface area (TPSA) is 82.3 Å². The SMILES string of the molecule is CNC1CC2OC(C)(C1OC)n1c3ccccc3c3c4c(c5ncn2c5c31)C(=O)NC4. The molecule has 8 heteroatoms. The molecule has 7 rings (SSSR count). The van der Waals surface area contributed by atoms with E-state index in [9.17, 15) is 4.79 Å². The highest BCUT2D eigenvalue weighted by molar-refractivity contribution is 6.24. The van der Waals surface area contributed by atoms with Crippen molar-refractivity contribution in [3.8, 4) is 0 Å². The Bertz CT molecular complexity index is 1440. The van der Waals surface area contributed by atoms with E-state index in [2.05, 4.69) is 44.9 Å². The van der Waals surface area contributed by atoms with Crippen molar-refractivity contribution in [1.29, 1.82) is 0 Å². The van der Waals surface area contributed by atoms with Crippen LogP contribution in [-0.4, -0.2) is 46.3 Å². The number of carbonyl (C=O) groups is 1. The minimum atomic E-state index is -0.747. The monoisotopic (exact) mass is 417 g/mol. The van der Waals surface area contributed by atoms with Crippen molar-refractivity contribution in [2.75, 3.05) is 14.2 Å².